The summed E-state index contributed by atoms with van der Waals surface area (Å²) in [6, 6.07) is 7.40. The third-order valence-electron chi connectivity index (χ3n) is 4.57. The van der Waals surface area contributed by atoms with Crippen molar-refractivity contribution in [2.45, 2.75) is 37.8 Å². The number of hydrogen-bond donors (Lipinski definition) is 1. The third-order valence-corrected chi connectivity index (χ3v) is 4.57. The predicted octanol–water partition coefficient (Wildman–Crippen LogP) is 2.59. The number of carbonyl (C=O) groups is 1. The van der Waals surface area contributed by atoms with Gasteiger partial charge in [-0.1, -0.05) is 12.1 Å². The number of amides is 1. The number of methoxy groups -OCH3 is 1. The number of nitrogens with zero attached hydrogens (tertiary/aromatic N) is 2. The molecule has 2 heterocycles. The van der Waals surface area contributed by atoms with Crippen LogP contribution < -0.4 is 10.1 Å². The second-order valence-corrected chi connectivity index (χ2v) is 6.35. The number of nitrogens with one attached hydrogen (secondary N) is 1. The van der Waals surface area contributed by atoms with Crippen LogP contribution in [0.4, 0.5) is 0 Å². The van der Waals surface area contributed by atoms with Gasteiger partial charge in [0.1, 0.15) is 17.6 Å². The van der Waals surface area contributed by atoms with Gasteiger partial charge in [0.05, 0.1) is 13.2 Å². The average molecular weight is 343 g/mol. The van der Waals surface area contributed by atoms with Crippen molar-refractivity contribution in [1.82, 2.24) is 14.9 Å². The number of rotatable bonds is 7. The molecule has 0 radical (unpaired) electrons. The zero-order chi connectivity index (χ0) is 17.6. The Morgan fingerprint density at radius 3 is 3.08 bits per heavy atom. The topological polar surface area (TPSA) is 65.4 Å². The van der Waals surface area contributed by atoms with Crippen LogP contribution in [-0.2, 0) is 16.6 Å². The number of aryl methyl sites for hydroxylation is 1. The summed E-state index contributed by atoms with van der Waals surface area (Å²) in [4.78, 5) is 16.9. The van der Waals surface area contributed by atoms with Crippen molar-refractivity contribution in [1.29, 1.82) is 0 Å². The van der Waals surface area contributed by atoms with E-state index < -0.39 is 0 Å². The molecule has 1 amide bonds. The van der Waals surface area contributed by atoms with E-state index in [0.717, 1.165) is 43.0 Å². The highest BCUT2D eigenvalue weighted by molar-refractivity contribution is 5.76. The minimum atomic E-state index is -0.313. The smallest absolute Gasteiger partial charge is 0.220 e. The number of imidazole rings is 1. The zero-order valence-electron chi connectivity index (χ0n) is 14.8. The molecule has 6 heteroatoms. The number of carbonyl (C=O) groups excluding carboxylic acids is 1. The van der Waals surface area contributed by atoms with Crippen molar-refractivity contribution in [2.24, 2.45) is 7.05 Å². The van der Waals surface area contributed by atoms with Crippen LogP contribution in [0.3, 0.4) is 0 Å². The van der Waals surface area contributed by atoms with Crippen molar-refractivity contribution in [3.8, 4) is 5.75 Å². The first-order valence-electron chi connectivity index (χ1n) is 8.69. The maximum Gasteiger partial charge on any atom is 0.220 e. The van der Waals surface area contributed by atoms with Gasteiger partial charge in [0.2, 0.25) is 5.91 Å². The summed E-state index contributed by atoms with van der Waals surface area (Å²) in [6.07, 6.45) is 7.18. The fourth-order valence-electron chi connectivity index (χ4n) is 3.17. The van der Waals surface area contributed by atoms with E-state index >= 15 is 0 Å². The summed E-state index contributed by atoms with van der Waals surface area (Å²) in [5.74, 6) is 1.55. The molecule has 0 bridgehead atoms. The van der Waals surface area contributed by atoms with E-state index in [-0.39, 0.29) is 18.1 Å². The van der Waals surface area contributed by atoms with Crippen molar-refractivity contribution in [2.75, 3.05) is 13.7 Å². The molecule has 25 heavy (non-hydrogen) atoms. The molecule has 1 aliphatic rings. The molecule has 0 saturated carbocycles. The van der Waals surface area contributed by atoms with Gasteiger partial charge in [-0.05, 0) is 37.0 Å². The number of aromatic nitrogens is 2. The first kappa shape index (κ1) is 17.5. The van der Waals surface area contributed by atoms with Gasteiger partial charge in [-0.2, -0.15) is 0 Å². The van der Waals surface area contributed by atoms with Gasteiger partial charge in [0.25, 0.3) is 0 Å². The summed E-state index contributed by atoms with van der Waals surface area (Å²) in [6.45, 7) is 0.811. The van der Waals surface area contributed by atoms with Gasteiger partial charge in [0.15, 0.2) is 0 Å². The Morgan fingerprint density at radius 2 is 2.40 bits per heavy atom. The first-order valence-corrected chi connectivity index (χ1v) is 8.69. The lowest BCUT2D eigenvalue weighted by molar-refractivity contribution is -0.122. The van der Waals surface area contributed by atoms with Crippen LogP contribution in [-0.4, -0.2) is 35.3 Å². The average Bonchev–Trinajstić information content (AvgIpc) is 3.29. The Balaban J connectivity index is 1.74. The first-order chi connectivity index (χ1) is 12.2. The van der Waals surface area contributed by atoms with Crippen LogP contribution in [0.5, 0.6) is 5.75 Å². The minimum absolute atomic E-state index is 0.00585. The van der Waals surface area contributed by atoms with Crippen LogP contribution in [0.1, 0.15) is 43.1 Å². The number of hydrogen-bond acceptors (Lipinski definition) is 4. The third kappa shape index (κ3) is 4.39. The highest BCUT2D eigenvalue weighted by Gasteiger charge is 2.22. The zero-order valence-corrected chi connectivity index (χ0v) is 14.8. The highest BCUT2D eigenvalue weighted by Crippen LogP contribution is 2.24. The lowest BCUT2D eigenvalue weighted by Gasteiger charge is -2.20. The van der Waals surface area contributed by atoms with Crippen molar-refractivity contribution in [3.63, 3.8) is 0 Å². The van der Waals surface area contributed by atoms with E-state index in [1.165, 1.54) is 0 Å². The fraction of sp³-hybridized carbons (Fsp3) is 0.474. The Hall–Kier alpha value is -2.34. The molecular weight excluding hydrogens is 318 g/mol. The molecule has 1 aromatic heterocycles. The van der Waals surface area contributed by atoms with Crippen LogP contribution in [0.2, 0.25) is 0 Å². The Kier molecular flexibility index (Phi) is 5.71. The number of benzene rings is 1. The number of ether oxygens (including phenoxy) is 2. The van der Waals surface area contributed by atoms with E-state index in [9.17, 15) is 4.79 Å². The van der Waals surface area contributed by atoms with Crippen LogP contribution in [0.15, 0.2) is 36.7 Å². The normalized spacial score (nSPS) is 18.1. The van der Waals surface area contributed by atoms with E-state index in [2.05, 4.69) is 10.3 Å². The van der Waals surface area contributed by atoms with Gasteiger partial charge < -0.3 is 19.4 Å². The summed E-state index contributed by atoms with van der Waals surface area (Å²) in [5.41, 5.74) is 0.944. The molecular formula is C19H25N3O3. The second-order valence-electron chi connectivity index (χ2n) is 6.35. The van der Waals surface area contributed by atoms with Crippen molar-refractivity contribution < 1.29 is 14.3 Å². The standard InChI is InChI=1S/C19H25N3O3/c1-22-11-10-20-19(22)18(14-5-3-6-16(13-14)24-2)21-17(23)9-8-15-7-4-12-25-15/h3,5-6,10-11,13,15,18H,4,7-9,12H2,1-2H3,(H,21,23)/t15-,18+/m0/s1. The van der Waals surface area contributed by atoms with Gasteiger partial charge in [-0.3, -0.25) is 4.79 Å². The summed E-state index contributed by atoms with van der Waals surface area (Å²) in [5, 5.41) is 3.12. The largest absolute Gasteiger partial charge is 0.497 e. The van der Waals surface area contributed by atoms with E-state index in [0.29, 0.717) is 6.42 Å². The van der Waals surface area contributed by atoms with Crippen LogP contribution in [0.25, 0.3) is 0 Å². The predicted molar refractivity (Wildman–Crippen MR) is 94.4 cm³/mol. The fourth-order valence-corrected chi connectivity index (χ4v) is 3.17. The minimum Gasteiger partial charge on any atom is -0.497 e. The van der Waals surface area contributed by atoms with Crippen molar-refractivity contribution >= 4 is 5.91 Å². The molecule has 3 rings (SSSR count). The molecule has 134 valence electrons. The Morgan fingerprint density at radius 1 is 1.52 bits per heavy atom. The maximum absolute atomic E-state index is 12.5. The maximum atomic E-state index is 12.5. The van der Waals surface area contributed by atoms with Crippen molar-refractivity contribution in [3.05, 3.63) is 48.0 Å². The Labute approximate surface area is 148 Å². The van der Waals surface area contributed by atoms with Crippen LogP contribution >= 0.6 is 0 Å². The molecule has 0 unspecified atom stereocenters. The van der Waals surface area contributed by atoms with Gasteiger partial charge in [-0.25, -0.2) is 4.98 Å². The monoisotopic (exact) mass is 343 g/mol. The molecule has 1 aromatic carbocycles. The van der Waals surface area contributed by atoms with Crippen LogP contribution in [0, 0.1) is 0 Å². The molecule has 1 N–H and O–H groups in total. The molecule has 1 aliphatic heterocycles. The lowest BCUT2D eigenvalue weighted by Crippen LogP contribution is -2.31. The molecule has 2 atom stereocenters. The van der Waals surface area contributed by atoms with Gasteiger partial charge >= 0.3 is 0 Å². The second kappa shape index (κ2) is 8.16. The molecule has 0 aliphatic carbocycles. The SMILES string of the molecule is COc1cccc([C@@H](NC(=O)CC[C@@H]2CCCO2)c2nccn2C)c1. The summed E-state index contributed by atoms with van der Waals surface area (Å²) >= 11 is 0. The quantitative estimate of drug-likeness (QED) is 0.839. The van der Waals surface area contributed by atoms with Gasteiger partial charge in [-0.15, -0.1) is 0 Å². The molecule has 2 aromatic rings. The molecule has 0 spiro atoms. The summed E-state index contributed by atoms with van der Waals surface area (Å²) < 4.78 is 12.8. The molecule has 6 nitrogen and oxygen atoms in total. The van der Waals surface area contributed by atoms with Gasteiger partial charge in [0, 0.05) is 32.5 Å². The molecule has 1 saturated heterocycles. The van der Waals surface area contributed by atoms with E-state index in [4.69, 9.17) is 9.47 Å². The Bertz CT molecular complexity index is 707. The summed E-state index contributed by atoms with van der Waals surface area (Å²) in [7, 11) is 3.56. The van der Waals surface area contributed by atoms with E-state index in [1.807, 2.05) is 42.1 Å². The molecule has 1 fully saturated rings. The van der Waals surface area contributed by atoms with E-state index in [1.54, 1.807) is 13.3 Å². The lowest BCUT2D eigenvalue weighted by atomic mass is 10.0. The highest BCUT2D eigenvalue weighted by atomic mass is 16.5.